The van der Waals surface area contributed by atoms with E-state index in [0.29, 0.717) is 0 Å². The largest absolute Gasteiger partial charge is 0.317 e. The highest BCUT2D eigenvalue weighted by Crippen LogP contribution is 2.33. The van der Waals surface area contributed by atoms with Crippen molar-refractivity contribution < 1.29 is 18.4 Å². The van der Waals surface area contributed by atoms with Crippen LogP contribution in [-0.2, 0) is 0 Å². The van der Waals surface area contributed by atoms with Crippen molar-refractivity contribution >= 4 is 11.8 Å². The van der Waals surface area contributed by atoms with Crippen molar-refractivity contribution in [2.45, 2.75) is 19.8 Å². The van der Waals surface area contributed by atoms with Gasteiger partial charge in [-0.1, -0.05) is 6.92 Å². The molecular weight excluding hydrogens is 278 g/mol. The molecule has 2 amide bonds. The minimum absolute atomic E-state index is 0.0450. The number of amides is 2. The Hall–Kier alpha value is -1.82. The molecule has 2 heterocycles. The number of benzene rings is 1. The number of carbonyl (C=O) groups is 2. The zero-order chi connectivity index (χ0) is 15.2. The quantitative estimate of drug-likeness (QED) is 0.848. The SMILES string of the molecule is CC1(CN2C(=O)c3cc(F)c(F)cc3C2=O)CCNCC1. The van der Waals surface area contributed by atoms with Crippen LogP contribution in [0.4, 0.5) is 8.78 Å². The molecule has 0 aromatic heterocycles. The summed E-state index contributed by atoms with van der Waals surface area (Å²) in [6.07, 6.45) is 1.70. The zero-order valence-corrected chi connectivity index (χ0v) is 11.7. The molecule has 0 atom stereocenters. The molecule has 0 bridgehead atoms. The molecule has 0 spiro atoms. The van der Waals surface area contributed by atoms with Gasteiger partial charge in [-0.25, -0.2) is 8.78 Å². The number of carbonyl (C=O) groups excluding carboxylic acids is 2. The van der Waals surface area contributed by atoms with Gasteiger partial charge in [-0.15, -0.1) is 0 Å². The molecular formula is C15H16F2N2O2. The van der Waals surface area contributed by atoms with E-state index in [1.54, 1.807) is 0 Å². The molecule has 112 valence electrons. The van der Waals surface area contributed by atoms with Gasteiger partial charge >= 0.3 is 0 Å². The third-order valence-electron chi connectivity index (χ3n) is 4.36. The van der Waals surface area contributed by atoms with Gasteiger partial charge in [0.25, 0.3) is 11.8 Å². The molecule has 0 radical (unpaired) electrons. The van der Waals surface area contributed by atoms with Crippen LogP contribution in [-0.4, -0.2) is 36.3 Å². The highest BCUT2D eigenvalue weighted by atomic mass is 19.2. The Bertz CT molecular complexity index is 583. The van der Waals surface area contributed by atoms with Crippen LogP contribution in [0.3, 0.4) is 0 Å². The van der Waals surface area contributed by atoms with Crippen molar-refractivity contribution in [3.05, 3.63) is 34.9 Å². The van der Waals surface area contributed by atoms with Gasteiger partial charge in [-0.05, 0) is 43.5 Å². The topological polar surface area (TPSA) is 49.4 Å². The fraction of sp³-hybridized carbons (Fsp3) is 0.467. The molecule has 0 unspecified atom stereocenters. The number of halogens is 2. The fourth-order valence-corrected chi connectivity index (χ4v) is 3.00. The summed E-state index contributed by atoms with van der Waals surface area (Å²) in [5.41, 5.74) is -0.247. The molecule has 1 aromatic carbocycles. The first-order chi connectivity index (χ1) is 9.91. The lowest BCUT2D eigenvalue weighted by atomic mass is 9.80. The summed E-state index contributed by atoms with van der Waals surface area (Å²) < 4.78 is 26.5. The number of nitrogens with zero attached hydrogens (tertiary/aromatic N) is 1. The van der Waals surface area contributed by atoms with Crippen molar-refractivity contribution in [1.82, 2.24) is 10.2 Å². The van der Waals surface area contributed by atoms with Crippen LogP contribution in [0.2, 0.25) is 0 Å². The molecule has 3 rings (SSSR count). The van der Waals surface area contributed by atoms with E-state index in [-0.39, 0.29) is 23.1 Å². The number of hydrogen-bond acceptors (Lipinski definition) is 3. The predicted molar refractivity (Wildman–Crippen MR) is 71.9 cm³/mol. The van der Waals surface area contributed by atoms with E-state index < -0.39 is 23.4 Å². The van der Waals surface area contributed by atoms with Crippen LogP contribution in [0.1, 0.15) is 40.5 Å². The van der Waals surface area contributed by atoms with E-state index in [1.165, 1.54) is 0 Å². The average Bonchev–Trinajstić information content (AvgIpc) is 2.66. The summed E-state index contributed by atoms with van der Waals surface area (Å²) in [6.45, 7) is 3.98. The molecule has 2 aliphatic heterocycles. The van der Waals surface area contributed by atoms with Crippen molar-refractivity contribution in [2.24, 2.45) is 5.41 Å². The molecule has 1 N–H and O–H groups in total. The maximum atomic E-state index is 13.3. The second-order valence-electron chi connectivity index (χ2n) is 6.07. The first-order valence-corrected chi connectivity index (χ1v) is 6.97. The Morgan fingerprint density at radius 1 is 1.10 bits per heavy atom. The molecule has 6 heteroatoms. The molecule has 0 aliphatic carbocycles. The Kier molecular flexibility index (Phi) is 3.28. The minimum atomic E-state index is -1.11. The van der Waals surface area contributed by atoms with Crippen LogP contribution in [0.25, 0.3) is 0 Å². The van der Waals surface area contributed by atoms with E-state index in [9.17, 15) is 18.4 Å². The second kappa shape index (κ2) is 4.87. The number of piperidine rings is 1. The Balaban J connectivity index is 1.89. The molecule has 1 aromatic rings. The van der Waals surface area contributed by atoms with Crippen molar-refractivity contribution in [3.63, 3.8) is 0 Å². The van der Waals surface area contributed by atoms with Gasteiger partial charge in [0.1, 0.15) is 0 Å². The van der Waals surface area contributed by atoms with Gasteiger partial charge in [0.05, 0.1) is 11.1 Å². The smallest absolute Gasteiger partial charge is 0.261 e. The van der Waals surface area contributed by atoms with Crippen molar-refractivity contribution in [2.75, 3.05) is 19.6 Å². The number of nitrogens with one attached hydrogen (secondary N) is 1. The summed E-state index contributed by atoms with van der Waals surface area (Å²) in [4.78, 5) is 25.7. The lowest BCUT2D eigenvalue weighted by molar-refractivity contribution is 0.0548. The van der Waals surface area contributed by atoms with Crippen LogP contribution in [0.15, 0.2) is 12.1 Å². The van der Waals surface area contributed by atoms with E-state index in [1.807, 2.05) is 6.92 Å². The van der Waals surface area contributed by atoms with Gasteiger partial charge in [0.15, 0.2) is 11.6 Å². The third kappa shape index (κ3) is 2.33. The molecule has 1 saturated heterocycles. The predicted octanol–water partition coefficient (Wildman–Crippen LogP) is 1.95. The minimum Gasteiger partial charge on any atom is -0.317 e. The van der Waals surface area contributed by atoms with E-state index in [4.69, 9.17) is 0 Å². The fourth-order valence-electron chi connectivity index (χ4n) is 3.00. The average molecular weight is 294 g/mol. The zero-order valence-electron chi connectivity index (χ0n) is 11.7. The van der Waals surface area contributed by atoms with Gasteiger partial charge in [-0.3, -0.25) is 14.5 Å². The third-order valence-corrected chi connectivity index (χ3v) is 4.36. The van der Waals surface area contributed by atoms with Crippen molar-refractivity contribution in [1.29, 1.82) is 0 Å². The van der Waals surface area contributed by atoms with Crippen molar-refractivity contribution in [3.8, 4) is 0 Å². The number of fused-ring (bicyclic) bond motifs is 1. The van der Waals surface area contributed by atoms with Crippen LogP contribution in [0.5, 0.6) is 0 Å². The van der Waals surface area contributed by atoms with Gasteiger partial charge < -0.3 is 5.32 Å². The van der Waals surface area contributed by atoms with Crippen LogP contribution >= 0.6 is 0 Å². The second-order valence-corrected chi connectivity index (χ2v) is 6.07. The van der Waals surface area contributed by atoms with Gasteiger partial charge in [0.2, 0.25) is 0 Å². The summed E-state index contributed by atoms with van der Waals surface area (Å²) in [7, 11) is 0. The molecule has 1 fully saturated rings. The summed E-state index contributed by atoms with van der Waals surface area (Å²) in [5.74, 6) is -3.28. The normalized spacial score (nSPS) is 20.8. The first-order valence-electron chi connectivity index (χ1n) is 6.97. The first kappa shape index (κ1) is 14.1. The highest BCUT2D eigenvalue weighted by Gasteiger charge is 2.41. The summed E-state index contributed by atoms with van der Waals surface area (Å²) >= 11 is 0. The van der Waals surface area contributed by atoms with E-state index in [2.05, 4.69) is 5.32 Å². The molecule has 4 nitrogen and oxygen atoms in total. The standard InChI is InChI=1S/C15H16F2N2O2/c1-15(2-4-18-5-3-15)8-19-13(20)9-6-11(16)12(17)7-10(9)14(19)21/h6-7,18H,2-5,8H2,1H3. The van der Waals surface area contributed by atoms with Crippen LogP contribution in [0, 0.1) is 17.0 Å². The Morgan fingerprint density at radius 2 is 1.57 bits per heavy atom. The summed E-state index contributed by atoms with van der Waals surface area (Å²) in [6, 6.07) is 1.63. The lowest BCUT2D eigenvalue weighted by Gasteiger charge is -2.36. The molecule has 21 heavy (non-hydrogen) atoms. The number of hydrogen-bond donors (Lipinski definition) is 1. The van der Waals surface area contributed by atoms with Gasteiger partial charge in [-0.2, -0.15) is 0 Å². The monoisotopic (exact) mass is 294 g/mol. The maximum Gasteiger partial charge on any atom is 0.261 e. The summed E-state index contributed by atoms with van der Waals surface area (Å²) in [5, 5.41) is 3.23. The Morgan fingerprint density at radius 3 is 2.05 bits per heavy atom. The molecule has 2 aliphatic rings. The Labute approximate surface area is 121 Å². The van der Waals surface area contributed by atoms with Gasteiger partial charge in [0, 0.05) is 6.54 Å². The lowest BCUT2D eigenvalue weighted by Crippen LogP contribution is -2.45. The van der Waals surface area contributed by atoms with E-state index >= 15 is 0 Å². The maximum absolute atomic E-state index is 13.3. The highest BCUT2D eigenvalue weighted by molar-refractivity contribution is 6.21. The molecule has 0 saturated carbocycles. The van der Waals surface area contributed by atoms with Crippen LogP contribution < -0.4 is 5.32 Å². The number of rotatable bonds is 2. The van der Waals surface area contributed by atoms with E-state index in [0.717, 1.165) is 43.0 Å². The number of imide groups is 1.